The molecule has 1 aromatic heterocycles. The number of hydrogen-bond acceptors (Lipinski definition) is 3. The number of rotatable bonds is 4. The second-order valence-electron chi connectivity index (χ2n) is 4.52. The molecule has 0 aliphatic carbocycles. The number of imidazole rings is 1. The number of carbonyl (C=O) groups is 1. The molecular formula is C14H15ClN2O2. The van der Waals surface area contributed by atoms with Crippen LogP contribution in [0.4, 0.5) is 0 Å². The second-order valence-corrected chi connectivity index (χ2v) is 4.93. The first-order valence-electron chi connectivity index (χ1n) is 5.86. The molecule has 0 spiro atoms. The summed E-state index contributed by atoms with van der Waals surface area (Å²) in [5, 5.41) is 0.551. The van der Waals surface area contributed by atoms with Crippen LogP contribution in [0.1, 0.15) is 17.3 Å². The van der Waals surface area contributed by atoms with E-state index >= 15 is 0 Å². The van der Waals surface area contributed by atoms with Crippen molar-refractivity contribution in [1.82, 2.24) is 9.55 Å². The van der Waals surface area contributed by atoms with Gasteiger partial charge in [-0.3, -0.25) is 9.36 Å². The van der Waals surface area contributed by atoms with Crippen molar-refractivity contribution >= 4 is 17.5 Å². The summed E-state index contributed by atoms with van der Waals surface area (Å²) in [7, 11) is 1.57. The molecule has 0 saturated carbocycles. The molecular weight excluding hydrogens is 264 g/mol. The van der Waals surface area contributed by atoms with Crippen LogP contribution in [0.15, 0.2) is 43.0 Å². The summed E-state index contributed by atoms with van der Waals surface area (Å²) in [6, 6.07) is 7.30. The zero-order chi connectivity index (χ0) is 13.9. The van der Waals surface area contributed by atoms with Crippen LogP contribution in [0.5, 0.6) is 0 Å². The molecule has 5 heteroatoms. The third kappa shape index (κ3) is 2.55. The van der Waals surface area contributed by atoms with E-state index in [2.05, 4.69) is 4.98 Å². The first kappa shape index (κ1) is 13.8. The zero-order valence-corrected chi connectivity index (χ0v) is 11.6. The quantitative estimate of drug-likeness (QED) is 0.864. The predicted octanol–water partition coefficient (Wildman–Crippen LogP) is 2.78. The van der Waals surface area contributed by atoms with Gasteiger partial charge in [0, 0.05) is 24.5 Å². The normalized spacial score (nSPS) is 14.1. The average molecular weight is 279 g/mol. The van der Waals surface area contributed by atoms with E-state index < -0.39 is 5.41 Å². The predicted molar refractivity (Wildman–Crippen MR) is 73.5 cm³/mol. The van der Waals surface area contributed by atoms with E-state index in [0.717, 1.165) is 5.56 Å². The Labute approximate surface area is 117 Å². The summed E-state index contributed by atoms with van der Waals surface area (Å²) in [6.07, 6.45) is 4.66. The van der Waals surface area contributed by atoms with Crippen molar-refractivity contribution in [3.05, 3.63) is 53.6 Å². The fourth-order valence-electron chi connectivity index (χ4n) is 2.12. The van der Waals surface area contributed by atoms with Crippen molar-refractivity contribution in [3.8, 4) is 0 Å². The second kappa shape index (κ2) is 5.55. The number of benzene rings is 1. The molecule has 1 aromatic carbocycles. The molecule has 0 aliphatic rings. The van der Waals surface area contributed by atoms with Gasteiger partial charge in [-0.15, -0.1) is 0 Å². The maximum absolute atomic E-state index is 12.7. The topological polar surface area (TPSA) is 44.1 Å². The van der Waals surface area contributed by atoms with Gasteiger partial charge in [-0.05, 0) is 18.6 Å². The van der Waals surface area contributed by atoms with Crippen LogP contribution in [-0.4, -0.2) is 29.2 Å². The summed E-state index contributed by atoms with van der Waals surface area (Å²) in [6.45, 7) is 2.06. The van der Waals surface area contributed by atoms with E-state index in [1.165, 1.54) is 10.9 Å². The maximum Gasteiger partial charge on any atom is 0.244 e. The number of nitrogens with zero attached hydrogens (tertiary/aromatic N) is 2. The summed E-state index contributed by atoms with van der Waals surface area (Å²) >= 11 is 6.22. The highest BCUT2D eigenvalue weighted by atomic mass is 35.5. The Balaban J connectivity index is 2.49. The lowest BCUT2D eigenvalue weighted by atomic mass is 9.82. The molecule has 2 aromatic rings. The molecule has 2 rings (SSSR count). The van der Waals surface area contributed by atoms with Gasteiger partial charge in [0.25, 0.3) is 0 Å². The monoisotopic (exact) mass is 278 g/mol. The molecule has 100 valence electrons. The standard InChI is InChI=1S/C14H15ClN2O2/c1-14(9-19-2,11-5-3-4-6-12(11)15)13(18)17-8-7-16-10-17/h3-8,10H,9H2,1-2H3. The summed E-state index contributed by atoms with van der Waals surface area (Å²) < 4.78 is 6.67. The van der Waals surface area contributed by atoms with Crippen LogP contribution < -0.4 is 0 Å². The lowest BCUT2D eigenvalue weighted by Crippen LogP contribution is -2.40. The van der Waals surface area contributed by atoms with Crippen molar-refractivity contribution in [2.45, 2.75) is 12.3 Å². The van der Waals surface area contributed by atoms with Crippen LogP contribution in [-0.2, 0) is 10.2 Å². The highest BCUT2D eigenvalue weighted by molar-refractivity contribution is 6.31. The molecule has 1 unspecified atom stereocenters. The molecule has 1 heterocycles. The lowest BCUT2D eigenvalue weighted by molar-refractivity contribution is 0.0671. The maximum atomic E-state index is 12.7. The fraction of sp³-hybridized carbons (Fsp3) is 0.286. The van der Waals surface area contributed by atoms with Crippen molar-refractivity contribution < 1.29 is 9.53 Å². The minimum Gasteiger partial charge on any atom is -0.383 e. The summed E-state index contributed by atoms with van der Waals surface area (Å²) in [5.41, 5.74) is -0.106. The van der Waals surface area contributed by atoms with E-state index in [1.54, 1.807) is 25.6 Å². The van der Waals surface area contributed by atoms with Gasteiger partial charge in [0.05, 0.1) is 12.0 Å². The van der Waals surface area contributed by atoms with Crippen LogP contribution in [0, 0.1) is 0 Å². The number of aromatic nitrogens is 2. The Bertz CT molecular complexity index is 569. The summed E-state index contributed by atoms with van der Waals surface area (Å²) in [4.78, 5) is 16.6. The molecule has 0 aliphatic heterocycles. The van der Waals surface area contributed by atoms with Crippen LogP contribution in [0.2, 0.25) is 5.02 Å². The van der Waals surface area contributed by atoms with Crippen molar-refractivity contribution in [2.24, 2.45) is 0 Å². The molecule has 0 N–H and O–H groups in total. The van der Waals surface area contributed by atoms with Gasteiger partial charge in [-0.2, -0.15) is 0 Å². The van der Waals surface area contributed by atoms with E-state index in [0.29, 0.717) is 5.02 Å². The molecule has 0 amide bonds. The highest BCUT2D eigenvalue weighted by Gasteiger charge is 2.37. The largest absolute Gasteiger partial charge is 0.383 e. The third-order valence-corrected chi connectivity index (χ3v) is 3.44. The number of halogens is 1. The van der Waals surface area contributed by atoms with Gasteiger partial charge in [0.1, 0.15) is 6.33 Å². The Hall–Kier alpha value is -1.65. The van der Waals surface area contributed by atoms with Crippen molar-refractivity contribution in [3.63, 3.8) is 0 Å². The number of methoxy groups -OCH3 is 1. The van der Waals surface area contributed by atoms with E-state index in [-0.39, 0.29) is 12.5 Å². The zero-order valence-electron chi connectivity index (χ0n) is 10.8. The van der Waals surface area contributed by atoms with Crippen LogP contribution in [0.3, 0.4) is 0 Å². The minimum absolute atomic E-state index is 0.125. The minimum atomic E-state index is -0.853. The van der Waals surface area contributed by atoms with Gasteiger partial charge in [-0.1, -0.05) is 29.8 Å². The Morgan fingerprint density at radius 3 is 2.79 bits per heavy atom. The lowest BCUT2D eigenvalue weighted by Gasteiger charge is -2.28. The third-order valence-electron chi connectivity index (χ3n) is 3.11. The number of ether oxygens (including phenoxy) is 1. The van der Waals surface area contributed by atoms with E-state index in [1.807, 2.05) is 25.1 Å². The molecule has 0 bridgehead atoms. The van der Waals surface area contributed by atoms with Gasteiger partial charge < -0.3 is 4.74 Å². The fourth-order valence-corrected chi connectivity index (χ4v) is 2.46. The van der Waals surface area contributed by atoms with Gasteiger partial charge >= 0.3 is 0 Å². The Morgan fingerprint density at radius 1 is 1.47 bits per heavy atom. The van der Waals surface area contributed by atoms with Crippen LogP contribution in [0.25, 0.3) is 0 Å². The molecule has 0 fully saturated rings. The molecule has 4 nitrogen and oxygen atoms in total. The van der Waals surface area contributed by atoms with Crippen LogP contribution >= 0.6 is 11.6 Å². The summed E-state index contributed by atoms with van der Waals surface area (Å²) in [5.74, 6) is -0.125. The Morgan fingerprint density at radius 2 is 2.21 bits per heavy atom. The molecule has 0 saturated heterocycles. The molecule has 0 radical (unpaired) electrons. The first-order valence-corrected chi connectivity index (χ1v) is 6.24. The average Bonchev–Trinajstić information content (AvgIpc) is 2.92. The van der Waals surface area contributed by atoms with Gasteiger partial charge in [-0.25, -0.2) is 4.98 Å². The van der Waals surface area contributed by atoms with E-state index in [4.69, 9.17) is 16.3 Å². The van der Waals surface area contributed by atoms with Crippen molar-refractivity contribution in [1.29, 1.82) is 0 Å². The number of hydrogen-bond donors (Lipinski definition) is 0. The SMILES string of the molecule is COCC(C)(C(=O)n1ccnc1)c1ccccc1Cl. The van der Waals surface area contributed by atoms with E-state index in [9.17, 15) is 4.79 Å². The van der Waals surface area contributed by atoms with Gasteiger partial charge in [0.15, 0.2) is 0 Å². The first-order chi connectivity index (χ1) is 9.09. The number of carbonyl (C=O) groups excluding carboxylic acids is 1. The molecule has 1 atom stereocenters. The van der Waals surface area contributed by atoms with Crippen molar-refractivity contribution in [2.75, 3.05) is 13.7 Å². The highest BCUT2D eigenvalue weighted by Crippen LogP contribution is 2.32. The van der Waals surface area contributed by atoms with Gasteiger partial charge in [0.2, 0.25) is 5.91 Å². The smallest absolute Gasteiger partial charge is 0.244 e. The molecule has 19 heavy (non-hydrogen) atoms. The Kier molecular flexibility index (Phi) is 4.02.